The van der Waals surface area contributed by atoms with Crippen LogP contribution in [-0.4, -0.2) is 60.9 Å². The van der Waals surface area contributed by atoms with Crippen LogP contribution in [-0.2, 0) is 9.59 Å². The summed E-state index contributed by atoms with van der Waals surface area (Å²) in [5.41, 5.74) is 0. The number of carbonyl (C=O) groups is 2. The summed E-state index contributed by atoms with van der Waals surface area (Å²) in [5, 5.41) is 13.8. The summed E-state index contributed by atoms with van der Waals surface area (Å²) in [6.45, 7) is -0.500. The third kappa shape index (κ3) is 6430. The minimum atomic E-state index is -0.250. The molecular weight excluding hydrogens is 142 g/mol. The fourth-order valence-corrected chi connectivity index (χ4v) is 0. The third-order valence-corrected chi connectivity index (χ3v) is 0. The van der Waals surface area contributed by atoms with Crippen molar-refractivity contribution in [2.45, 2.75) is 0 Å². The molecule has 48 valence electrons. The van der Waals surface area contributed by atoms with Crippen molar-refractivity contribution in [3.8, 4) is 0 Å². The summed E-state index contributed by atoms with van der Waals surface area (Å²) in [4.78, 5) is 16.7. The van der Waals surface area contributed by atoms with Gasteiger partial charge in [-0.25, -0.2) is 0 Å². The number of carboxylic acid groups (broad SMARTS) is 2. The van der Waals surface area contributed by atoms with E-state index in [4.69, 9.17) is 19.8 Å². The summed E-state index contributed by atoms with van der Waals surface area (Å²) in [6.07, 6.45) is 0. The maximum atomic E-state index is 8.36. The second-order valence-electron chi connectivity index (χ2n) is 0.211. The quantitative estimate of drug-likeness (QED) is 0.293. The van der Waals surface area contributed by atoms with Crippen LogP contribution in [0.2, 0.25) is 0 Å². The van der Waals surface area contributed by atoms with Gasteiger partial charge in [-0.3, -0.25) is 9.59 Å². The van der Waals surface area contributed by atoms with Crippen molar-refractivity contribution in [3.63, 3.8) is 0 Å². The molecule has 0 atom stereocenters. The van der Waals surface area contributed by atoms with Gasteiger partial charge < -0.3 is 16.4 Å². The van der Waals surface area contributed by atoms with Crippen molar-refractivity contribution < 1.29 is 19.8 Å². The first-order valence-corrected chi connectivity index (χ1v) is 0.988. The molecule has 0 bridgehead atoms. The first kappa shape index (κ1) is 24.2. The molecule has 8 heavy (non-hydrogen) atoms. The molecular formula is C2H9CaNO4. The van der Waals surface area contributed by atoms with Crippen LogP contribution in [0.4, 0.5) is 0 Å². The van der Waals surface area contributed by atoms with Crippen molar-refractivity contribution >= 4 is 50.7 Å². The molecule has 0 amide bonds. The van der Waals surface area contributed by atoms with E-state index in [1.807, 2.05) is 0 Å². The van der Waals surface area contributed by atoms with Gasteiger partial charge in [-0.15, -0.1) is 0 Å². The van der Waals surface area contributed by atoms with Gasteiger partial charge in [0, 0.05) is 0 Å². The molecule has 0 saturated heterocycles. The molecule has 0 radical (unpaired) electrons. The Bertz CT molecular complexity index is 35.0. The van der Waals surface area contributed by atoms with Crippen molar-refractivity contribution in [3.05, 3.63) is 0 Å². The third-order valence-electron chi connectivity index (χ3n) is 0. The molecule has 0 heterocycles. The van der Waals surface area contributed by atoms with Gasteiger partial charge in [0.05, 0.1) is 0 Å². The zero-order chi connectivity index (χ0) is 5.41. The van der Waals surface area contributed by atoms with Crippen LogP contribution >= 0.6 is 0 Å². The van der Waals surface area contributed by atoms with Crippen molar-refractivity contribution in [2.75, 3.05) is 0 Å². The Morgan fingerprint density at radius 1 is 1.00 bits per heavy atom. The molecule has 0 unspecified atom stereocenters. The molecule has 0 aromatic rings. The summed E-state index contributed by atoms with van der Waals surface area (Å²) >= 11 is 0. The number of rotatable bonds is 0. The van der Waals surface area contributed by atoms with E-state index in [9.17, 15) is 0 Å². The first-order chi connectivity index (χ1) is 2.83. The molecule has 0 aliphatic carbocycles. The Hall–Kier alpha value is 0.160. The summed E-state index contributed by atoms with van der Waals surface area (Å²) < 4.78 is 0. The van der Waals surface area contributed by atoms with E-state index in [0.717, 1.165) is 0 Å². The Morgan fingerprint density at radius 3 is 1.00 bits per heavy atom. The SMILES string of the molecule is N.O=CO.O=CO.[CaH2]. The molecule has 0 aromatic carbocycles. The summed E-state index contributed by atoms with van der Waals surface area (Å²) in [6, 6.07) is 0. The summed E-state index contributed by atoms with van der Waals surface area (Å²) in [7, 11) is 0. The Kier molecular flexibility index (Phi) is 176. The Morgan fingerprint density at radius 2 is 1.00 bits per heavy atom. The fourth-order valence-electron chi connectivity index (χ4n) is 0. The summed E-state index contributed by atoms with van der Waals surface area (Å²) in [5.74, 6) is 0. The van der Waals surface area contributed by atoms with E-state index in [2.05, 4.69) is 0 Å². The van der Waals surface area contributed by atoms with Crippen molar-refractivity contribution in [2.24, 2.45) is 0 Å². The van der Waals surface area contributed by atoms with E-state index in [1.165, 1.54) is 0 Å². The van der Waals surface area contributed by atoms with E-state index in [1.54, 1.807) is 0 Å². The standard InChI is InChI=1S/2CH2O2.Ca.H3N.2H/c2*2-1-3;;;;/h2*1H,(H,2,3);;1H3;;. The van der Waals surface area contributed by atoms with E-state index in [-0.39, 0.29) is 56.8 Å². The first-order valence-electron chi connectivity index (χ1n) is 0.988. The van der Waals surface area contributed by atoms with Gasteiger partial charge in [-0.1, -0.05) is 0 Å². The van der Waals surface area contributed by atoms with Crippen molar-refractivity contribution in [1.82, 2.24) is 6.15 Å². The molecule has 5 nitrogen and oxygen atoms in total. The molecule has 5 N–H and O–H groups in total. The second-order valence-corrected chi connectivity index (χ2v) is 0.211. The van der Waals surface area contributed by atoms with Crippen LogP contribution in [0.5, 0.6) is 0 Å². The monoisotopic (exact) mass is 151 g/mol. The maximum absolute atomic E-state index is 8.36. The normalized spacial score (nSPS) is 3.00. The molecule has 0 rings (SSSR count). The predicted molar refractivity (Wildman–Crippen MR) is 31.0 cm³/mol. The zero-order valence-electron chi connectivity index (χ0n) is 3.57. The van der Waals surface area contributed by atoms with Crippen molar-refractivity contribution in [1.29, 1.82) is 0 Å². The molecule has 0 fully saturated rings. The number of hydrogen-bond donors (Lipinski definition) is 3. The Labute approximate surface area is 76.3 Å². The van der Waals surface area contributed by atoms with Gasteiger partial charge >= 0.3 is 37.7 Å². The van der Waals surface area contributed by atoms with E-state index < -0.39 is 0 Å². The minimum absolute atomic E-state index is 0. The average molecular weight is 151 g/mol. The van der Waals surface area contributed by atoms with Gasteiger partial charge in [-0.05, 0) is 0 Å². The molecule has 6 heteroatoms. The van der Waals surface area contributed by atoms with E-state index >= 15 is 0 Å². The molecule has 0 aliphatic rings. The van der Waals surface area contributed by atoms with E-state index in [0.29, 0.717) is 0 Å². The molecule has 0 saturated carbocycles. The molecule has 0 aromatic heterocycles. The average Bonchev–Trinajstić information content (AvgIpc) is 1.39. The van der Waals surface area contributed by atoms with Crippen LogP contribution in [0, 0.1) is 0 Å². The van der Waals surface area contributed by atoms with Crippen LogP contribution in [0.3, 0.4) is 0 Å². The topological polar surface area (TPSA) is 110 Å². The molecule has 0 aliphatic heterocycles. The predicted octanol–water partition coefficient (Wildman–Crippen LogP) is -1.35. The van der Waals surface area contributed by atoms with Crippen LogP contribution in [0.15, 0.2) is 0 Å². The van der Waals surface area contributed by atoms with Gasteiger partial charge in [-0.2, -0.15) is 0 Å². The van der Waals surface area contributed by atoms with Gasteiger partial charge in [0.1, 0.15) is 0 Å². The van der Waals surface area contributed by atoms with Crippen LogP contribution in [0.25, 0.3) is 0 Å². The second kappa shape index (κ2) is 58.2. The van der Waals surface area contributed by atoms with Gasteiger partial charge in [0.25, 0.3) is 12.9 Å². The molecule has 0 spiro atoms. The van der Waals surface area contributed by atoms with Crippen LogP contribution in [0.1, 0.15) is 0 Å². The van der Waals surface area contributed by atoms with Crippen LogP contribution < -0.4 is 6.15 Å². The van der Waals surface area contributed by atoms with Gasteiger partial charge in [0.2, 0.25) is 0 Å². The number of hydrogen-bond acceptors (Lipinski definition) is 3. The zero-order valence-corrected chi connectivity index (χ0v) is 3.57. The van der Waals surface area contributed by atoms with Gasteiger partial charge in [0.15, 0.2) is 0 Å². The Balaban J connectivity index is -0.0000000160. The fraction of sp³-hybridized carbons (Fsp3) is 0.